The van der Waals surface area contributed by atoms with Gasteiger partial charge in [-0.05, 0) is 35.9 Å². The quantitative estimate of drug-likeness (QED) is 0.591. The van der Waals surface area contributed by atoms with Crippen LogP contribution < -0.4 is 5.32 Å². The lowest BCUT2D eigenvalue weighted by Crippen LogP contribution is -2.48. The van der Waals surface area contributed by atoms with Crippen molar-refractivity contribution in [3.8, 4) is 0 Å². The molecule has 0 aliphatic carbocycles. The first kappa shape index (κ1) is 25.0. The summed E-state index contributed by atoms with van der Waals surface area (Å²) in [6.07, 6.45) is 0. The number of carbonyl (C=O) groups excluding carboxylic acids is 3. The molecule has 176 valence electrons. The molecular weight excluding hydrogens is 469 g/mol. The standard InChI is InChI=1S/C23H25Cl2N3O5/c1-32-22(30)15-4-6-18(23(31)33-2)20(11-15)26-21(29)14-28-9-7-27(8-10-28)13-16-3-5-17(24)12-19(16)25/h3-6,11-12H,7-10,13-14H2,1-2H3,(H,26,29). The number of halogens is 2. The topological polar surface area (TPSA) is 88.2 Å². The molecule has 1 amide bonds. The summed E-state index contributed by atoms with van der Waals surface area (Å²) in [5, 5.41) is 3.97. The minimum atomic E-state index is -0.615. The highest BCUT2D eigenvalue weighted by molar-refractivity contribution is 6.35. The molecule has 1 aliphatic heterocycles. The third-order valence-electron chi connectivity index (χ3n) is 5.36. The van der Waals surface area contributed by atoms with E-state index in [4.69, 9.17) is 32.7 Å². The Balaban J connectivity index is 1.58. The SMILES string of the molecule is COC(=O)c1ccc(C(=O)OC)c(NC(=O)CN2CCN(Cc3ccc(Cl)cc3Cl)CC2)c1. The molecule has 3 rings (SSSR count). The number of piperazine rings is 1. The second-order valence-electron chi connectivity index (χ2n) is 7.58. The largest absolute Gasteiger partial charge is 0.465 e. The molecule has 0 unspecified atom stereocenters. The Hall–Kier alpha value is -2.65. The van der Waals surface area contributed by atoms with Gasteiger partial charge in [-0.2, -0.15) is 0 Å². The molecule has 2 aromatic rings. The average molecular weight is 494 g/mol. The van der Waals surface area contributed by atoms with Crippen LogP contribution >= 0.6 is 23.2 Å². The van der Waals surface area contributed by atoms with Crippen molar-refractivity contribution in [3.63, 3.8) is 0 Å². The van der Waals surface area contributed by atoms with Gasteiger partial charge in [-0.15, -0.1) is 0 Å². The highest BCUT2D eigenvalue weighted by Gasteiger charge is 2.22. The predicted octanol–water partition coefficient (Wildman–Crippen LogP) is 3.32. The van der Waals surface area contributed by atoms with Gasteiger partial charge in [0.25, 0.3) is 0 Å². The maximum atomic E-state index is 12.7. The van der Waals surface area contributed by atoms with Gasteiger partial charge in [0.2, 0.25) is 5.91 Å². The van der Waals surface area contributed by atoms with Crippen molar-refractivity contribution in [1.29, 1.82) is 0 Å². The molecule has 0 bridgehead atoms. The molecule has 0 spiro atoms. The first-order valence-corrected chi connectivity index (χ1v) is 11.1. The van der Waals surface area contributed by atoms with Crippen LogP contribution in [0, 0.1) is 0 Å². The van der Waals surface area contributed by atoms with Gasteiger partial charge < -0.3 is 14.8 Å². The normalized spacial score (nSPS) is 14.5. The van der Waals surface area contributed by atoms with Crippen molar-refractivity contribution in [1.82, 2.24) is 9.80 Å². The number of rotatable bonds is 7. The molecule has 8 nitrogen and oxygen atoms in total. The summed E-state index contributed by atoms with van der Waals surface area (Å²) in [5.74, 6) is -1.48. The molecule has 1 heterocycles. The van der Waals surface area contributed by atoms with E-state index in [2.05, 4.69) is 10.2 Å². The molecule has 33 heavy (non-hydrogen) atoms. The Bertz CT molecular complexity index is 1040. The first-order valence-electron chi connectivity index (χ1n) is 10.3. The van der Waals surface area contributed by atoms with Crippen molar-refractivity contribution >= 4 is 46.7 Å². The minimum Gasteiger partial charge on any atom is -0.465 e. The Morgan fingerprint density at radius 1 is 0.909 bits per heavy atom. The third kappa shape index (κ3) is 6.68. The molecule has 1 aliphatic rings. The van der Waals surface area contributed by atoms with E-state index < -0.39 is 11.9 Å². The van der Waals surface area contributed by atoms with Gasteiger partial charge in [-0.25, -0.2) is 9.59 Å². The summed E-state index contributed by atoms with van der Waals surface area (Å²) >= 11 is 12.2. The summed E-state index contributed by atoms with van der Waals surface area (Å²) in [7, 11) is 2.51. The zero-order chi connectivity index (χ0) is 24.0. The van der Waals surface area contributed by atoms with E-state index in [1.54, 1.807) is 6.07 Å². The molecule has 2 aromatic carbocycles. The van der Waals surface area contributed by atoms with Crippen LogP contribution in [0.25, 0.3) is 0 Å². The second kappa shape index (κ2) is 11.5. The van der Waals surface area contributed by atoms with Gasteiger partial charge in [0.15, 0.2) is 0 Å². The predicted molar refractivity (Wildman–Crippen MR) is 126 cm³/mol. The zero-order valence-electron chi connectivity index (χ0n) is 18.4. The Kier molecular flexibility index (Phi) is 8.68. The maximum Gasteiger partial charge on any atom is 0.339 e. The maximum absolute atomic E-state index is 12.7. The van der Waals surface area contributed by atoms with Crippen molar-refractivity contribution < 1.29 is 23.9 Å². The fraction of sp³-hybridized carbons (Fsp3) is 0.348. The van der Waals surface area contributed by atoms with Gasteiger partial charge in [-0.1, -0.05) is 29.3 Å². The zero-order valence-corrected chi connectivity index (χ0v) is 19.9. The Morgan fingerprint density at radius 3 is 2.21 bits per heavy atom. The molecule has 1 fully saturated rings. The van der Waals surface area contributed by atoms with Crippen LogP contribution in [-0.4, -0.2) is 74.6 Å². The lowest BCUT2D eigenvalue weighted by atomic mass is 10.1. The number of benzene rings is 2. The van der Waals surface area contributed by atoms with E-state index >= 15 is 0 Å². The number of hydrogen-bond donors (Lipinski definition) is 1. The summed E-state index contributed by atoms with van der Waals surface area (Å²) in [5.41, 5.74) is 1.58. The summed E-state index contributed by atoms with van der Waals surface area (Å²) in [6.45, 7) is 3.81. The van der Waals surface area contributed by atoms with Crippen LogP contribution in [0.2, 0.25) is 10.0 Å². The van der Waals surface area contributed by atoms with Gasteiger partial charge >= 0.3 is 11.9 Å². The molecule has 0 aromatic heterocycles. The smallest absolute Gasteiger partial charge is 0.339 e. The first-order chi connectivity index (χ1) is 15.8. The third-order valence-corrected chi connectivity index (χ3v) is 5.95. The van der Waals surface area contributed by atoms with Crippen molar-refractivity contribution in [2.75, 3.05) is 52.3 Å². The minimum absolute atomic E-state index is 0.151. The van der Waals surface area contributed by atoms with Gasteiger partial charge in [0.05, 0.1) is 37.6 Å². The summed E-state index contributed by atoms with van der Waals surface area (Å²) in [4.78, 5) is 40.9. The van der Waals surface area contributed by atoms with E-state index in [1.807, 2.05) is 17.0 Å². The summed E-state index contributed by atoms with van der Waals surface area (Å²) in [6, 6.07) is 9.75. The number of nitrogens with one attached hydrogen (secondary N) is 1. The molecule has 0 radical (unpaired) electrons. The van der Waals surface area contributed by atoms with E-state index in [1.165, 1.54) is 32.4 Å². The number of amides is 1. The van der Waals surface area contributed by atoms with E-state index in [0.717, 1.165) is 18.7 Å². The fourth-order valence-electron chi connectivity index (χ4n) is 3.57. The fourth-order valence-corrected chi connectivity index (χ4v) is 4.04. The molecule has 0 saturated carbocycles. The van der Waals surface area contributed by atoms with Gasteiger partial charge in [0, 0.05) is 42.8 Å². The number of carbonyl (C=O) groups is 3. The van der Waals surface area contributed by atoms with Crippen LogP contribution in [-0.2, 0) is 20.8 Å². The second-order valence-corrected chi connectivity index (χ2v) is 8.42. The average Bonchev–Trinajstić information content (AvgIpc) is 2.81. The Labute approximate surface area is 202 Å². The lowest BCUT2D eigenvalue weighted by molar-refractivity contribution is -0.117. The lowest BCUT2D eigenvalue weighted by Gasteiger charge is -2.34. The van der Waals surface area contributed by atoms with Crippen LogP contribution in [0.5, 0.6) is 0 Å². The number of esters is 2. The summed E-state index contributed by atoms with van der Waals surface area (Å²) < 4.78 is 9.49. The number of anilines is 1. The number of ether oxygens (including phenoxy) is 2. The highest BCUT2D eigenvalue weighted by Crippen LogP contribution is 2.23. The van der Waals surface area contributed by atoms with Crippen LogP contribution in [0.1, 0.15) is 26.3 Å². The molecule has 10 heteroatoms. The van der Waals surface area contributed by atoms with Gasteiger partial charge in [0.1, 0.15) is 0 Å². The van der Waals surface area contributed by atoms with E-state index in [0.29, 0.717) is 29.7 Å². The number of methoxy groups -OCH3 is 2. The highest BCUT2D eigenvalue weighted by atomic mass is 35.5. The van der Waals surface area contributed by atoms with E-state index in [9.17, 15) is 14.4 Å². The van der Waals surface area contributed by atoms with Crippen molar-refractivity contribution in [2.24, 2.45) is 0 Å². The van der Waals surface area contributed by atoms with Crippen molar-refractivity contribution in [2.45, 2.75) is 6.54 Å². The molecule has 1 saturated heterocycles. The van der Waals surface area contributed by atoms with Crippen LogP contribution in [0.4, 0.5) is 5.69 Å². The number of hydrogen-bond acceptors (Lipinski definition) is 7. The monoisotopic (exact) mass is 493 g/mol. The molecule has 1 N–H and O–H groups in total. The number of nitrogens with zero attached hydrogens (tertiary/aromatic N) is 2. The molecule has 0 atom stereocenters. The van der Waals surface area contributed by atoms with Crippen LogP contribution in [0.15, 0.2) is 36.4 Å². The Morgan fingerprint density at radius 2 is 1.58 bits per heavy atom. The van der Waals surface area contributed by atoms with Crippen molar-refractivity contribution in [3.05, 3.63) is 63.1 Å². The van der Waals surface area contributed by atoms with Gasteiger partial charge in [-0.3, -0.25) is 14.6 Å². The van der Waals surface area contributed by atoms with Crippen LogP contribution in [0.3, 0.4) is 0 Å². The van der Waals surface area contributed by atoms with E-state index in [-0.39, 0.29) is 29.3 Å². The molecular formula is C23H25Cl2N3O5.